The average Bonchev–Trinajstić information content (AvgIpc) is 2.74. The third kappa shape index (κ3) is 4.42. The molecule has 3 N–H and O–H groups in total. The van der Waals surface area contributed by atoms with E-state index in [1.54, 1.807) is 0 Å². The van der Waals surface area contributed by atoms with Gasteiger partial charge in [-0.05, 0) is 37.0 Å². The van der Waals surface area contributed by atoms with E-state index >= 15 is 0 Å². The van der Waals surface area contributed by atoms with Crippen molar-refractivity contribution in [1.82, 2.24) is 5.32 Å². The first-order valence-corrected chi connectivity index (χ1v) is 6.54. The van der Waals surface area contributed by atoms with E-state index in [-0.39, 0.29) is 30.3 Å². The van der Waals surface area contributed by atoms with Crippen LogP contribution < -0.4 is 11.1 Å². The summed E-state index contributed by atoms with van der Waals surface area (Å²) in [6, 6.07) is 3.32. The molecule has 0 spiro atoms. The molecule has 1 fully saturated rings. The highest BCUT2D eigenvalue weighted by molar-refractivity contribution is 5.85. The summed E-state index contributed by atoms with van der Waals surface area (Å²) in [5.74, 6) is -1.37. The van der Waals surface area contributed by atoms with Crippen LogP contribution in [0, 0.1) is 17.6 Å². The van der Waals surface area contributed by atoms with Crippen molar-refractivity contribution in [3.8, 4) is 0 Å². The van der Waals surface area contributed by atoms with E-state index < -0.39 is 11.6 Å². The van der Waals surface area contributed by atoms with Crippen molar-refractivity contribution in [3.05, 3.63) is 35.4 Å². The maximum Gasteiger partial charge on any atom is 0.224 e. The van der Waals surface area contributed by atoms with Gasteiger partial charge in [-0.15, -0.1) is 12.4 Å². The molecule has 1 saturated carbocycles. The Bertz CT molecular complexity index is 450. The molecule has 0 bridgehead atoms. The van der Waals surface area contributed by atoms with E-state index in [4.69, 9.17) is 5.73 Å². The Balaban J connectivity index is 0.00000200. The number of rotatable bonds is 4. The minimum absolute atomic E-state index is 0. The molecule has 0 radical (unpaired) electrons. The van der Waals surface area contributed by atoms with Gasteiger partial charge in [0.1, 0.15) is 11.6 Å². The lowest BCUT2D eigenvalue weighted by Gasteiger charge is -2.15. The van der Waals surface area contributed by atoms with Crippen LogP contribution in [0.3, 0.4) is 0 Å². The number of hydrogen-bond donors (Lipinski definition) is 2. The van der Waals surface area contributed by atoms with Gasteiger partial charge in [-0.1, -0.05) is 6.42 Å². The van der Waals surface area contributed by atoms with Crippen molar-refractivity contribution >= 4 is 18.3 Å². The van der Waals surface area contributed by atoms with Crippen LogP contribution in [0.4, 0.5) is 8.78 Å². The highest BCUT2D eigenvalue weighted by atomic mass is 35.5. The standard InChI is InChI=1S/C14H18F2N2O.ClH/c15-10-6-9(7-11(16)8-10)4-5-18-14(19)12-2-1-3-13(12)17;/h6-8,12-13H,1-5,17H2,(H,18,19);1H. The van der Waals surface area contributed by atoms with Crippen LogP contribution in [0.25, 0.3) is 0 Å². The van der Waals surface area contributed by atoms with Crippen molar-refractivity contribution in [2.24, 2.45) is 11.7 Å². The Morgan fingerprint density at radius 1 is 1.25 bits per heavy atom. The van der Waals surface area contributed by atoms with Gasteiger partial charge in [0.25, 0.3) is 0 Å². The monoisotopic (exact) mass is 304 g/mol. The lowest BCUT2D eigenvalue weighted by Crippen LogP contribution is -2.39. The van der Waals surface area contributed by atoms with E-state index in [0.717, 1.165) is 25.3 Å². The van der Waals surface area contributed by atoms with Crippen molar-refractivity contribution in [2.75, 3.05) is 6.54 Å². The van der Waals surface area contributed by atoms with E-state index in [9.17, 15) is 13.6 Å². The predicted octanol–water partition coefficient (Wildman–Crippen LogP) is 2.17. The number of carbonyl (C=O) groups is 1. The summed E-state index contributed by atoms with van der Waals surface area (Å²) >= 11 is 0. The topological polar surface area (TPSA) is 55.1 Å². The molecule has 112 valence electrons. The van der Waals surface area contributed by atoms with Crippen LogP contribution in [-0.4, -0.2) is 18.5 Å². The normalized spacial score (nSPS) is 21.4. The van der Waals surface area contributed by atoms with Gasteiger partial charge in [-0.25, -0.2) is 8.78 Å². The van der Waals surface area contributed by atoms with Crippen molar-refractivity contribution in [3.63, 3.8) is 0 Å². The Hall–Kier alpha value is -1.20. The molecule has 20 heavy (non-hydrogen) atoms. The smallest absolute Gasteiger partial charge is 0.224 e. The Morgan fingerprint density at radius 3 is 2.45 bits per heavy atom. The maximum atomic E-state index is 13.0. The van der Waals surface area contributed by atoms with Gasteiger partial charge in [0.15, 0.2) is 0 Å². The van der Waals surface area contributed by atoms with Crippen molar-refractivity contribution in [2.45, 2.75) is 31.7 Å². The molecule has 1 aliphatic rings. The first-order valence-electron chi connectivity index (χ1n) is 6.54. The number of benzene rings is 1. The predicted molar refractivity (Wildman–Crippen MR) is 75.6 cm³/mol. The molecule has 1 aliphatic carbocycles. The number of carbonyl (C=O) groups excluding carboxylic acids is 1. The second kappa shape index (κ2) is 7.55. The lowest BCUT2D eigenvalue weighted by molar-refractivity contribution is -0.125. The highest BCUT2D eigenvalue weighted by Gasteiger charge is 2.29. The molecular formula is C14H19ClF2N2O. The molecule has 0 heterocycles. The van der Waals surface area contributed by atoms with Crippen LogP contribution in [0.2, 0.25) is 0 Å². The van der Waals surface area contributed by atoms with Gasteiger partial charge in [0.2, 0.25) is 5.91 Å². The van der Waals surface area contributed by atoms with Crippen LogP contribution in [0.15, 0.2) is 18.2 Å². The Labute approximate surface area is 123 Å². The number of halogens is 3. The van der Waals surface area contributed by atoms with E-state index in [2.05, 4.69) is 5.32 Å². The van der Waals surface area contributed by atoms with Crippen LogP contribution in [0.5, 0.6) is 0 Å². The fraction of sp³-hybridized carbons (Fsp3) is 0.500. The third-order valence-corrected chi connectivity index (χ3v) is 3.54. The summed E-state index contributed by atoms with van der Waals surface area (Å²) in [7, 11) is 0. The molecule has 3 nitrogen and oxygen atoms in total. The lowest BCUT2D eigenvalue weighted by atomic mass is 10.0. The SMILES string of the molecule is Cl.NC1CCCC1C(=O)NCCc1cc(F)cc(F)c1. The van der Waals surface area contributed by atoms with Gasteiger partial charge in [-0.3, -0.25) is 4.79 Å². The molecule has 2 unspecified atom stereocenters. The minimum Gasteiger partial charge on any atom is -0.355 e. The number of amides is 1. The summed E-state index contributed by atoms with van der Waals surface area (Å²) in [6.45, 7) is 0.366. The zero-order chi connectivity index (χ0) is 13.8. The van der Waals surface area contributed by atoms with Crippen molar-refractivity contribution < 1.29 is 13.6 Å². The van der Waals surface area contributed by atoms with Crippen LogP contribution >= 0.6 is 12.4 Å². The van der Waals surface area contributed by atoms with Crippen LogP contribution in [-0.2, 0) is 11.2 Å². The molecule has 1 amide bonds. The van der Waals surface area contributed by atoms with E-state index in [1.165, 1.54) is 12.1 Å². The maximum absolute atomic E-state index is 13.0. The number of nitrogens with one attached hydrogen (secondary N) is 1. The number of hydrogen-bond acceptors (Lipinski definition) is 2. The van der Waals surface area contributed by atoms with Gasteiger partial charge >= 0.3 is 0 Å². The summed E-state index contributed by atoms with van der Waals surface area (Å²) in [5.41, 5.74) is 6.38. The quantitative estimate of drug-likeness (QED) is 0.896. The molecule has 2 atom stereocenters. The molecule has 0 saturated heterocycles. The largest absolute Gasteiger partial charge is 0.355 e. The first kappa shape index (κ1) is 16.9. The first-order chi connectivity index (χ1) is 9.06. The van der Waals surface area contributed by atoms with Gasteiger partial charge in [0, 0.05) is 18.7 Å². The van der Waals surface area contributed by atoms with E-state index in [0.29, 0.717) is 18.5 Å². The zero-order valence-electron chi connectivity index (χ0n) is 11.1. The molecule has 2 rings (SSSR count). The molecule has 0 aromatic heterocycles. The van der Waals surface area contributed by atoms with Gasteiger partial charge in [0.05, 0.1) is 5.92 Å². The molecule has 1 aromatic rings. The molecule has 1 aromatic carbocycles. The van der Waals surface area contributed by atoms with Gasteiger partial charge in [-0.2, -0.15) is 0 Å². The molecule has 6 heteroatoms. The summed E-state index contributed by atoms with van der Waals surface area (Å²) in [5, 5.41) is 2.78. The van der Waals surface area contributed by atoms with E-state index in [1.807, 2.05) is 0 Å². The fourth-order valence-corrected chi connectivity index (χ4v) is 2.53. The highest BCUT2D eigenvalue weighted by Crippen LogP contribution is 2.23. The van der Waals surface area contributed by atoms with Crippen LogP contribution in [0.1, 0.15) is 24.8 Å². The average molecular weight is 305 g/mol. The fourth-order valence-electron chi connectivity index (χ4n) is 2.53. The van der Waals surface area contributed by atoms with Gasteiger partial charge < -0.3 is 11.1 Å². The summed E-state index contributed by atoms with van der Waals surface area (Å²) < 4.78 is 25.9. The zero-order valence-corrected chi connectivity index (χ0v) is 11.9. The second-order valence-electron chi connectivity index (χ2n) is 5.02. The summed E-state index contributed by atoms with van der Waals surface area (Å²) in [4.78, 5) is 11.8. The minimum atomic E-state index is -0.598. The number of nitrogens with two attached hydrogens (primary N) is 1. The Kier molecular flexibility index (Phi) is 6.36. The van der Waals surface area contributed by atoms with Crippen molar-refractivity contribution in [1.29, 1.82) is 0 Å². The molecule has 0 aliphatic heterocycles. The second-order valence-corrected chi connectivity index (χ2v) is 5.02. The Morgan fingerprint density at radius 2 is 1.90 bits per heavy atom. The molecular weight excluding hydrogens is 286 g/mol. The third-order valence-electron chi connectivity index (χ3n) is 3.54. The summed E-state index contributed by atoms with van der Waals surface area (Å²) in [6.07, 6.45) is 3.09.